The normalized spacial score (nSPS) is 11.3. The van der Waals surface area contributed by atoms with Gasteiger partial charge in [0.25, 0.3) is 0 Å². The lowest BCUT2D eigenvalue weighted by Gasteiger charge is -2.08. The van der Waals surface area contributed by atoms with Gasteiger partial charge in [0.15, 0.2) is 0 Å². The van der Waals surface area contributed by atoms with Crippen molar-refractivity contribution in [2.75, 3.05) is 11.9 Å². The highest BCUT2D eigenvalue weighted by molar-refractivity contribution is 7.89. The number of nitrogens with zero attached hydrogens (tertiary/aromatic N) is 3. The summed E-state index contributed by atoms with van der Waals surface area (Å²) in [4.78, 5) is 12.3. The van der Waals surface area contributed by atoms with Gasteiger partial charge in [-0.15, -0.1) is 0 Å². The van der Waals surface area contributed by atoms with Crippen LogP contribution in [0.2, 0.25) is 0 Å². The molecule has 112 valence electrons. The highest BCUT2D eigenvalue weighted by Gasteiger charge is 2.14. The number of sulfonamides is 1. The van der Waals surface area contributed by atoms with Crippen molar-refractivity contribution in [1.82, 2.24) is 19.7 Å². The molecule has 2 N–H and O–H groups in total. The lowest BCUT2D eigenvalue weighted by molar-refractivity contribution is 0.580. The van der Waals surface area contributed by atoms with Gasteiger partial charge in [-0.1, -0.05) is 0 Å². The molecule has 2 aromatic heterocycles. The van der Waals surface area contributed by atoms with Crippen molar-refractivity contribution < 1.29 is 8.42 Å². The van der Waals surface area contributed by atoms with Gasteiger partial charge >= 0.3 is 0 Å². The van der Waals surface area contributed by atoms with Gasteiger partial charge in [0, 0.05) is 25.0 Å². The van der Waals surface area contributed by atoms with Crippen LogP contribution in [0.5, 0.6) is 0 Å². The molecule has 8 heteroatoms. The van der Waals surface area contributed by atoms with E-state index < -0.39 is 10.0 Å². The minimum absolute atomic E-state index is 0.116. The van der Waals surface area contributed by atoms with Gasteiger partial charge in [-0.05, 0) is 26.0 Å². The molecule has 0 fully saturated rings. The number of nitrogens with one attached hydrogen (secondary N) is 2. The van der Waals surface area contributed by atoms with Crippen molar-refractivity contribution in [3.8, 4) is 0 Å². The number of rotatable bonds is 6. The van der Waals surface area contributed by atoms with Crippen molar-refractivity contribution in [2.24, 2.45) is 0 Å². The van der Waals surface area contributed by atoms with Gasteiger partial charge in [0.05, 0.1) is 17.1 Å². The van der Waals surface area contributed by atoms with Crippen LogP contribution in [-0.2, 0) is 16.6 Å². The maximum Gasteiger partial charge on any atom is 0.241 e. The Bertz CT molecular complexity index is 718. The first kappa shape index (κ1) is 15.3. The molecule has 2 heterocycles. The highest BCUT2D eigenvalue weighted by Crippen LogP contribution is 2.12. The second-order valence-electron chi connectivity index (χ2n) is 4.33. The topological polar surface area (TPSA) is 96.9 Å². The standard InChI is InChI=1S/C13H17N5O2S/c1-3-14-13-8-12(5-7-16-13)21(19,20)17-9-11-4-6-15-10(2)18-11/h4-8,17H,3,9H2,1-2H3,(H,14,16). The van der Waals surface area contributed by atoms with Crippen molar-refractivity contribution >= 4 is 15.8 Å². The maximum atomic E-state index is 12.2. The van der Waals surface area contributed by atoms with E-state index in [-0.39, 0.29) is 11.4 Å². The van der Waals surface area contributed by atoms with E-state index in [2.05, 4.69) is 25.0 Å². The van der Waals surface area contributed by atoms with E-state index in [1.165, 1.54) is 18.3 Å². The minimum Gasteiger partial charge on any atom is -0.370 e. The molecule has 0 amide bonds. The Morgan fingerprint density at radius 3 is 2.67 bits per heavy atom. The Balaban J connectivity index is 2.13. The monoisotopic (exact) mass is 307 g/mol. The predicted octanol–water partition coefficient (Wildman–Crippen LogP) is 1.09. The van der Waals surface area contributed by atoms with Crippen LogP contribution in [0.25, 0.3) is 0 Å². The van der Waals surface area contributed by atoms with Gasteiger partial charge in [-0.3, -0.25) is 0 Å². The number of hydrogen-bond acceptors (Lipinski definition) is 6. The first-order valence-corrected chi connectivity index (χ1v) is 7.97. The third-order valence-corrected chi connectivity index (χ3v) is 4.08. The molecule has 0 spiro atoms. The maximum absolute atomic E-state index is 12.2. The average molecular weight is 307 g/mol. The summed E-state index contributed by atoms with van der Waals surface area (Å²) in [6.07, 6.45) is 3.06. The summed E-state index contributed by atoms with van der Waals surface area (Å²) in [6, 6.07) is 4.62. The molecule has 0 atom stereocenters. The first-order valence-electron chi connectivity index (χ1n) is 6.49. The average Bonchev–Trinajstić information content (AvgIpc) is 2.46. The van der Waals surface area contributed by atoms with Crippen molar-refractivity contribution in [2.45, 2.75) is 25.3 Å². The third kappa shape index (κ3) is 4.20. The molecule has 2 rings (SSSR count). The van der Waals surface area contributed by atoms with Gasteiger partial charge in [0.1, 0.15) is 11.6 Å². The summed E-state index contributed by atoms with van der Waals surface area (Å²) in [5.41, 5.74) is 0.618. The van der Waals surface area contributed by atoms with Crippen LogP contribution in [0, 0.1) is 6.92 Å². The van der Waals surface area contributed by atoms with Crippen LogP contribution in [-0.4, -0.2) is 29.9 Å². The summed E-state index contributed by atoms with van der Waals surface area (Å²) in [5, 5.41) is 2.98. The summed E-state index contributed by atoms with van der Waals surface area (Å²) in [6.45, 7) is 4.46. The Morgan fingerprint density at radius 1 is 1.19 bits per heavy atom. The lowest BCUT2D eigenvalue weighted by Crippen LogP contribution is -2.24. The molecule has 0 aliphatic heterocycles. The van der Waals surface area contributed by atoms with Gasteiger partial charge in [-0.2, -0.15) is 0 Å². The Hall–Kier alpha value is -2.06. The van der Waals surface area contributed by atoms with Gasteiger partial charge in [-0.25, -0.2) is 28.1 Å². The minimum atomic E-state index is -3.60. The first-order chi connectivity index (χ1) is 10.0. The number of anilines is 1. The molecule has 0 radical (unpaired) electrons. The molecule has 0 aliphatic carbocycles. The van der Waals surface area contributed by atoms with Crippen LogP contribution < -0.4 is 10.0 Å². The zero-order chi connectivity index (χ0) is 15.3. The van der Waals surface area contributed by atoms with E-state index >= 15 is 0 Å². The fourth-order valence-electron chi connectivity index (χ4n) is 1.71. The SMILES string of the molecule is CCNc1cc(S(=O)(=O)NCc2ccnc(C)n2)ccn1. The highest BCUT2D eigenvalue weighted by atomic mass is 32.2. The van der Waals surface area contributed by atoms with E-state index in [0.29, 0.717) is 23.9 Å². The van der Waals surface area contributed by atoms with Crippen LogP contribution in [0.15, 0.2) is 35.5 Å². The molecule has 0 bridgehead atoms. The Labute approximate surface area is 123 Å². The van der Waals surface area contributed by atoms with Crippen molar-refractivity contribution in [1.29, 1.82) is 0 Å². The zero-order valence-electron chi connectivity index (χ0n) is 11.9. The van der Waals surface area contributed by atoms with Crippen LogP contribution in [0.3, 0.4) is 0 Å². The number of aromatic nitrogens is 3. The molecule has 0 saturated carbocycles. The Morgan fingerprint density at radius 2 is 1.95 bits per heavy atom. The van der Waals surface area contributed by atoms with Crippen molar-refractivity contribution in [3.05, 3.63) is 42.1 Å². The van der Waals surface area contributed by atoms with E-state index in [0.717, 1.165) is 0 Å². The molecular weight excluding hydrogens is 290 g/mol. The molecule has 0 unspecified atom stereocenters. The van der Waals surface area contributed by atoms with E-state index in [4.69, 9.17) is 0 Å². The molecular formula is C13H17N5O2S. The van der Waals surface area contributed by atoms with E-state index in [9.17, 15) is 8.42 Å². The fraction of sp³-hybridized carbons (Fsp3) is 0.308. The molecule has 0 aromatic carbocycles. The lowest BCUT2D eigenvalue weighted by atomic mass is 10.4. The summed E-state index contributed by atoms with van der Waals surface area (Å²) in [7, 11) is -3.60. The molecule has 2 aromatic rings. The number of pyridine rings is 1. The van der Waals surface area contributed by atoms with Crippen LogP contribution in [0.1, 0.15) is 18.4 Å². The van der Waals surface area contributed by atoms with E-state index in [1.54, 1.807) is 19.2 Å². The summed E-state index contributed by atoms with van der Waals surface area (Å²) in [5.74, 6) is 1.13. The number of aryl methyl sites for hydroxylation is 1. The van der Waals surface area contributed by atoms with Crippen LogP contribution in [0.4, 0.5) is 5.82 Å². The fourth-order valence-corrected chi connectivity index (χ4v) is 2.72. The van der Waals surface area contributed by atoms with Gasteiger partial charge < -0.3 is 5.32 Å². The second kappa shape index (κ2) is 6.59. The summed E-state index contributed by atoms with van der Waals surface area (Å²) >= 11 is 0. The molecule has 0 saturated heterocycles. The van der Waals surface area contributed by atoms with Gasteiger partial charge in [0.2, 0.25) is 10.0 Å². The van der Waals surface area contributed by atoms with Crippen molar-refractivity contribution in [3.63, 3.8) is 0 Å². The largest absolute Gasteiger partial charge is 0.370 e. The van der Waals surface area contributed by atoms with E-state index in [1.807, 2.05) is 6.92 Å². The predicted molar refractivity (Wildman–Crippen MR) is 79.2 cm³/mol. The Kier molecular flexibility index (Phi) is 4.81. The summed E-state index contributed by atoms with van der Waals surface area (Å²) < 4.78 is 27.0. The molecule has 0 aliphatic rings. The second-order valence-corrected chi connectivity index (χ2v) is 6.09. The molecule has 21 heavy (non-hydrogen) atoms. The molecule has 7 nitrogen and oxygen atoms in total. The quantitative estimate of drug-likeness (QED) is 0.829. The third-order valence-electron chi connectivity index (χ3n) is 2.68. The van der Waals surface area contributed by atoms with Crippen LogP contribution >= 0.6 is 0 Å². The zero-order valence-corrected chi connectivity index (χ0v) is 12.7. The smallest absolute Gasteiger partial charge is 0.241 e. The number of hydrogen-bond donors (Lipinski definition) is 2.